The van der Waals surface area contributed by atoms with Gasteiger partial charge in [0.25, 0.3) is 0 Å². The molecule has 0 radical (unpaired) electrons. The van der Waals surface area contributed by atoms with Crippen LogP contribution in [0.3, 0.4) is 0 Å². The maximum atomic E-state index is 11.9. The Hall–Kier alpha value is -2.58. The Morgan fingerprint density at radius 3 is 1.27 bits per heavy atom. The number of rotatable bonds is 6. The van der Waals surface area contributed by atoms with Crippen LogP contribution in [0, 0.1) is 0 Å². The van der Waals surface area contributed by atoms with Crippen LogP contribution in [-0.4, -0.2) is 65.8 Å². The Morgan fingerprint density at radius 2 is 0.848 bits per heavy atom. The first-order valence-electron chi connectivity index (χ1n) is 11.0. The zero-order valence-corrected chi connectivity index (χ0v) is 18.2. The quantitative estimate of drug-likeness (QED) is 0.333. The van der Waals surface area contributed by atoms with Crippen molar-refractivity contribution in [2.24, 2.45) is 0 Å². The van der Waals surface area contributed by atoms with Crippen LogP contribution in [-0.2, 0) is 19.3 Å². The normalized spacial score (nSPS) is 34.2. The molecule has 0 heterocycles. The number of hydrogen-bond donors (Lipinski definition) is 6. The minimum absolute atomic E-state index is 0.230. The molecule has 3 aromatic carbocycles. The third-order valence-electron chi connectivity index (χ3n) is 6.94. The van der Waals surface area contributed by atoms with Gasteiger partial charge in [0.2, 0.25) is 0 Å². The van der Waals surface area contributed by atoms with E-state index in [-0.39, 0.29) is 19.3 Å². The second kappa shape index (κ2) is 8.99. The van der Waals surface area contributed by atoms with Crippen LogP contribution in [0.25, 0.3) is 0 Å². The van der Waals surface area contributed by atoms with Crippen molar-refractivity contribution in [2.45, 2.75) is 54.4 Å². The lowest BCUT2D eigenvalue weighted by atomic mass is 9.56. The number of aliphatic hydroxyl groups is 6. The topological polar surface area (TPSA) is 121 Å². The fourth-order valence-electron chi connectivity index (χ4n) is 5.05. The molecule has 6 heteroatoms. The van der Waals surface area contributed by atoms with Crippen molar-refractivity contribution in [1.82, 2.24) is 0 Å². The molecular weight excluding hydrogens is 420 g/mol. The molecule has 3 aromatic rings. The van der Waals surface area contributed by atoms with E-state index in [1.165, 1.54) is 0 Å². The Kier molecular flexibility index (Phi) is 6.42. The smallest absolute Gasteiger partial charge is 0.129 e. The predicted molar refractivity (Wildman–Crippen MR) is 123 cm³/mol. The van der Waals surface area contributed by atoms with Gasteiger partial charge in [-0.05, 0) is 16.7 Å². The van der Waals surface area contributed by atoms with E-state index < -0.39 is 35.1 Å². The first-order valence-corrected chi connectivity index (χ1v) is 11.0. The number of benzene rings is 3. The van der Waals surface area contributed by atoms with Crippen molar-refractivity contribution in [3.8, 4) is 0 Å². The summed E-state index contributed by atoms with van der Waals surface area (Å²) in [6.07, 6.45) is -6.56. The van der Waals surface area contributed by atoms with Gasteiger partial charge >= 0.3 is 0 Å². The predicted octanol–water partition coefficient (Wildman–Crippen LogP) is 1.00. The standard InChI is InChI=1S/C27H30O6/c28-22-23(29)26(32,17-20-12-6-2-7-13-20)27(33,18-21-14-8-3-9-15-21)24(30)25(22,31)16-19-10-4-1-5-11-19/h1-15,22-24,28-33H,16-18H2/t22-,23-,24+,25+,26-,27-/m0/s1. The molecular formula is C27H30O6. The van der Waals surface area contributed by atoms with Gasteiger partial charge in [0, 0.05) is 19.3 Å². The van der Waals surface area contributed by atoms with Gasteiger partial charge in [0.15, 0.2) is 0 Å². The molecule has 0 aliphatic heterocycles. The summed E-state index contributed by atoms with van der Waals surface area (Å²) in [6.45, 7) is 0. The van der Waals surface area contributed by atoms with E-state index in [4.69, 9.17) is 0 Å². The van der Waals surface area contributed by atoms with E-state index >= 15 is 0 Å². The van der Waals surface area contributed by atoms with Crippen molar-refractivity contribution in [2.75, 3.05) is 0 Å². The van der Waals surface area contributed by atoms with Crippen molar-refractivity contribution >= 4 is 0 Å². The van der Waals surface area contributed by atoms with E-state index in [1.54, 1.807) is 91.0 Å². The SMILES string of the molecule is O[C@@H]1[C@@](O)(Cc2ccccc2)[C@@H](O)[C@H](O)[C@@](O)(Cc2ccccc2)[C@]1(O)Cc1ccccc1. The Balaban J connectivity index is 1.81. The first-order chi connectivity index (χ1) is 15.7. The lowest BCUT2D eigenvalue weighted by Crippen LogP contribution is -2.83. The lowest BCUT2D eigenvalue weighted by Gasteiger charge is -2.59. The van der Waals surface area contributed by atoms with Crippen LogP contribution in [0.5, 0.6) is 0 Å². The Morgan fingerprint density at radius 1 is 0.485 bits per heavy atom. The summed E-state index contributed by atoms with van der Waals surface area (Å²) in [5.41, 5.74) is -5.26. The largest absolute Gasteiger partial charge is 0.387 e. The van der Waals surface area contributed by atoms with Gasteiger partial charge in [-0.25, -0.2) is 0 Å². The summed E-state index contributed by atoms with van der Waals surface area (Å²) in [6, 6.07) is 26.2. The summed E-state index contributed by atoms with van der Waals surface area (Å²) >= 11 is 0. The summed E-state index contributed by atoms with van der Waals surface area (Å²) in [4.78, 5) is 0. The van der Waals surface area contributed by atoms with Gasteiger partial charge in [-0.15, -0.1) is 0 Å². The highest BCUT2D eigenvalue weighted by molar-refractivity contribution is 5.32. The number of aliphatic hydroxyl groups excluding tert-OH is 3. The molecule has 1 aliphatic carbocycles. The van der Waals surface area contributed by atoms with Crippen molar-refractivity contribution in [3.05, 3.63) is 108 Å². The molecule has 0 bridgehead atoms. The van der Waals surface area contributed by atoms with Crippen molar-refractivity contribution in [1.29, 1.82) is 0 Å². The fraction of sp³-hybridized carbons (Fsp3) is 0.333. The van der Waals surface area contributed by atoms with E-state index in [9.17, 15) is 30.6 Å². The van der Waals surface area contributed by atoms with E-state index in [0.29, 0.717) is 16.7 Å². The van der Waals surface area contributed by atoms with Gasteiger partial charge in [-0.3, -0.25) is 0 Å². The molecule has 1 aliphatic rings. The Labute approximate surface area is 193 Å². The van der Waals surface area contributed by atoms with Gasteiger partial charge in [0.05, 0.1) is 0 Å². The highest BCUT2D eigenvalue weighted by Gasteiger charge is 2.71. The van der Waals surface area contributed by atoms with E-state index in [1.807, 2.05) is 0 Å². The molecule has 0 amide bonds. The summed E-state index contributed by atoms with van der Waals surface area (Å²) in [7, 11) is 0. The van der Waals surface area contributed by atoms with Gasteiger partial charge in [-0.2, -0.15) is 0 Å². The molecule has 0 saturated heterocycles. The molecule has 0 aromatic heterocycles. The van der Waals surface area contributed by atoms with Crippen molar-refractivity contribution in [3.63, 3.8) is 0 Å². The summed E-state index contributed by atoms with van der Waals surface area (Å²) < 4.78 is 0. The minimum atomic E-state index is -2.38. The summed E-state index contributed by atoms with van der Waals surface area (Å²) in [5, 5.41) is 68.9. The molecule has 174 valence electrons. The molecule has 4 rings (SSSR count). The minimum Gasteiger partial charge on any atom is -0.387 e. The molecule has 1 saturated carbocycles. The highest BCUT2D eigenvalue weighted by Crippen LogP contribution is 2.47. The molecule has 1 fully saturated rings. The third-order valence-corrected chi connectivity index (χ3v) is 6.94. The van der Waals surface area contributed by atoms with E-state index in [0.717, 1.165) is 0 Å². The molecule has 6 atom stereocenters. The second-order valence-corrected chi connectivity index (χ2v) is 9.12. The van der Waals surface area contributed by atoms with Crippen LogP contribution < -0.4 is 0 Å². The molecule has 0 unspecified atom stereocenters. The maximum Gasteiger partial charge on any atom is 0.129 e. The fourth-order valence-corrected chi connectivity index (χ4v) is 5.05. The van der Waals surface area contributed by atoms with Crippen LogP contribution >= 0.6 is 0 Å². The van der Waals surface area contributed by atoms with E-state index in [2.05, 4.69) is 0 Å². The van der Waals surface area contributed by atoms with Crippen LogP contribution in [0.2, 0.25) is 0 Å². The van der Waals surface area contributed by atoms with Gasteiger partial charge in [0.1, 0.15) is 35.1 Å². The third kappa shape index (κ3) is 4.10. The summed E-state index contributed by atoms with van der Waals surface area (Å²) in [5.74, 6) is 0. The van der Waals surface area contributed by atoms with Crippen LogP contribution in [0.1, 0.15) is 16.7 Å². The second-order valence-electron chi connectivity index (χ2n) is 9.12. The highest BCUT2D eigenvalue weighted by atomic mass is 16.4. The van der Waals surface area contributed by atoms with Crippen LogP contribution in [0.4, 0.5) is 0 Å². The molecule has 6 nitrogen and oxygen atoms in total. The lowest BCUT2D eigenvalue weighted by molar-refractivity contribution is -0.340. The monoisotopic (exact) mass is 450 g/mol. The van der Waals surface area contributed by atoms with Crippen LogP contribution in [0.15, 0.2) is 91.0 Å². The van der Waals surface area contributed by atoms with Crippen molar-refractivity contribution < 1.29 is 30.6 Å². The number of hydrogen-bond acceptors (Lipinski definition) is 6. The van der Waals surface area contributed by atoms with Gasteiger partial charge < -0.3 is 30.6 Å². The van der Waals surface area contributed by atoms with Gasteiger partial charge in [-0.1, -0.05) is 91.0 Å². The zero-order chi connectivity index (χ0) is 23.7. The average Bonchev–Trinajstić information content (AvgIpc) is 2.83. The maximum absolute atomic E-state index is 11.9. The molecule has 0 spiro atoms. The average molecular weight is 451 g/mol. The zero-order valence-electron chi connectivity index (χ0n) is 18.2. The molecule has 6 N–H and O–H groups in total. The Bertz CT molecular complexity index is 1050. The molecule has 33 heavy (non-hydrogen) atoms. The first kappa shape index (κ1) is 23.6.